The summed E-state index contributed by atoms with van der Waals surface area (Å²) < 4.78 is 0.973. The van der Waals surface area contributed by atoms with Crippen LogP contribution in [0.15, 0.2) is 52.2 Å². The number of thiocarbonyl (C=S) groups is 1. The number of benzene rings is 2. The second-order valence-corrected chi connectivity index (χ2v) is 7.28. The molecule has 3 N–H and O–H groups in total. The maximum absolute atomic E-state index is 11.9. The average Bonchev–Trinajstić information content (AvgIpc) is 2.58. The zero-order valence-electron chi connectivity index (χ0n) is 13.4. The van der Waals surface area contributed by atoms with Crippen LogP contribution < -0.4 is 17.0 Å². The molecule has 6 nitrogen and oxygen atoms in total. The molecule has 1 unspecified atom stereocenters. The Labute approximate surface area is 173 Å². The molecule has 0 saturated carbocycles. The quantitative estimate of drug-likeness (QED) is 0.606. The standard InChI is InChI=1S/C17H11Cl3N4O2S/c18-9-3-1-8(2-4-9)14(16(21)27)15-11(19)5-10(6-12(15)20)24-17(26)23-13(25)7-22-24/h1-7,14H,(H2,21,27)(H,23,25,26). The van der Waals surface area contributed by atoms with Crippen molar-refractivity contribution < 1.29 is 0 Å². The Balaban J connectivity index is 2.16. The Kier molecular flexibility index (Phi) is 5.67. The Bertz CT molecular complexity index is 1120. The van der Waals surface area contributed by atoms with Gasteiger partial charge in [0, 0.05) is 20.6 Å². The molecule has 0 amide bonds. The van der Waals surface area contributed by atoms with Crippen LogP contribution in [-0.4, -0.2) is 19.8 Å². The van der Waals surface area contributed by atoms with Crippen LogP contribution in [0.5, 0.6) is 0 Å². The lowest BCUT2D eigenvalue weighted by atomic mass is 9.91. The second kappa shape index (κ2) is 7.82. The van der Waals surface area contributed by atoms with E-state index < -0.39 is 17.2 Å². The fourth-order valence-corrected chi connectivity index (χ4v) is 3.71. The van der Waals surface area contributed by atoms with Crippen LogP contribution in [0.3, 0.4) is 0 Å². The zero-order chi connectivity index (χ0) is 19.7. The topological polar surface area (TPSA) is 93.8 Å². The first-order chi connectivity index (χ1) is 12.8. The van der Waals surface area contributed by atoms with E-state index in [-0.39, 0.29) is 20.7 Å². The van der Waals surface area contributed by atoms with Gasteiger partial charge in [0.25, 0.3) is 5.56 Å². The molecule has 0 radical (unpaired) electrons. The third-order valence-electron chi connectivity index (χ3n) is 3.80. The summed E-state index contributed by atoms with van der Waals surface area (Å²) in [4.78, 5) is 25.4. The molecular weight excluding hydrogens is 431 g/mol. The van der Waals surface area contributed by atoms with Gasteiger partial charge in [0.15, 0.2) is 0 Å². The van der Waals surface area contributed by atoms with E-state index in [4.69, 9.17) is 52.8 Å². The van der Waals surface area contributed by atoms with Gasteiger partial charge in [0.2, 0.25) is 0 Å². The van der Waals surface area contributed by atoms with E-state index in [1.807, 2.05) is 0 Å². The lowest BCUT2D eigenvalue weighted by Gasteiger charge is -2.20. The number of rotatable bonds is 4. The van der Waals surface area contributed by atoms with Crippen molar-refractivity contribution in [3.05, 3.63) is 89.6 Å². The van der Waals surface area contributed by atoms with Crippen molar-refractivity contribution in [1.29, 1.82) is 0 Å². The van der Waals surface area contributed by atoms with E-state index in [2.05, 4.69) is 10.1 Å². The molecule has 0 fully saturated rings. The fourth-order valence-electron chi connectivity index (χ4n) is 2.63. The monoisotopic (exact) mass is 440 g/mol. The minimum Gasteiger partial charge on any atom is -0.393 e. The van der Waals surface area contributed by atoms with E-state index in [0.717, 1.165) is 16.4 Å². The van der Waals surface area contributed by atoms with Crippen LogP contribution in [0, 0.1) is 0 Å². The summed E-state index contributed by atoms with van der Waals surface area (Å²) in [7, 11) is 0. The third-order valence-corrected chi connectivity index (χ3v) is 4.91. The number of H-pyrrole nitrogens is 1. The van der Waals surface area contributed by atoms with Crippen molar-refractivity contribution >= 4 is 52.0 Å². The molecule has 0 bridgehead atoms. The molecule has 1 aromatic heterocycles. The van der Waals surface area contributed by atoms with Gasteiger partial charge in [-0.05, 0) is 29.8 Å². The number of nitrogens with one attached hydrogen (secondary N) is 1. The van der Waals surface area contributed by atoms with Crippen LogP contribution in [0.2, 0.25) is 15.1 Å². The Morgan fingerprint density at radius 1 is 1.11 bits per heavy atom. The van der Waals surface area contributed by atoms with E-state index >= 15 is 0 Å². The van der Waals surface area contributed by atoms with Crippen LogP contribution >= 0.6 is 47.0 Å². The van der Waals surface area contributed by atoms with Crippen LogP contribution in [0.25, 0.3) is 5.69 Å². The number of nitrogens with two attached hydrogens (primary N) is 1. The van der Waals surface area contributed by atoms with Crippen molar-refractivity contribution in [3.63, 3.8) is 0 Å². The maximum Gasteiger partial charge on any atom is 0.349 e. The van der Waals surface area contributed by atoms with Gasteiger partial charge in [0.05, 0.1) is 16.6 Å². The molecule has 3 rings (SSSR count). The molecule has 27 heavy (non-hydrogen) atoms. The first kappa shape index (κ1) is 19.6. The summed E-state index contributed by atoms with van der Waals surface area (Å²) in [5, 5.41) is 4.83. The minimum absolute atomic E-state index is 0.174. The molecule has 1 atom stereocenters. The SMILES string of the molecule is NC(=S)C(c1ccc(Cl)cc1)c1c(Cl)cc(-n2ncc(=O)[nH]c2=O)cc1Cl. The summed E-state index contributed by atoms with van der Waals surface area (Å²) in [5.74, 6) is -0.549. The van der Waals surface area contributed by atoms with E-state index in [9.17, 15) is 9.59 Å². The van der Waals surface area contributed by atoms with Gasteiger partial charge in [-0.15, -0.1) is 0 Å². The molecule has 0 spiro atoms. The lowest BCUT2D eigenvalue weighted by molar-refractivity contribution is 0.749. The van der Waals surface area contributed by atoms with Gasteiger partial charge in [-0.3, -0.25) is 9.78 Å². The van der Waals surface area contributed by atoms with Crippen LogP contribution in [0.1, 0.15) is 17.0 Å². The number of hydrogen-bond acceptors (Lipinski definition) is 4. The van der Waals surface area contributed by atoms with Crippen LogP contribution in [0.4, 0.5) is 0 Å². The number of hydrogen-bond donors (Lipinski definition) is 2. The summed E-state index contributed by atoms with van der Waals surface area (Å²) in [6, 6.07) is 9.97. The highest BCUT2D eigenvalue weighted by Gasteiger charge is 2.24. The number of nitrogens with zero attached hydrogens (tertiary/aromatic N) is 2. The highest BCUT2D eigenvalue weighted by molar-refractivity contribution is 7.80. The molecule has 0 aliphatic carbocycles. The third kappa shape index (κ3) is 4.06. The molecule has 0 aliphatic heterocycles. The molecular formula is C17H11Cl3N4O2S. The summed E-state index contributed by atoms with van der Waals surface area (Å²) in [5.41, 5.74) is 6.16. The lowest BCUT2D eigenvalue weighted by Crippen LogP contribution is -2.30. The first-order valence-corrected chi connectivity index (χ1v) is 9.05. The van der Waals surface area contributed by atoms with Crippen molar-refractivity contribution in [2.45, 2.75) is 5.92 Å². The Morgan fingerprint density at radius 3 is 2.22 bits per heavy atom. The number of aromatic nitrogens is 3. The predicted molar refractivity (Wildman–Crippen MR) is 111 cm³/mol. The molecule has 0 saturated heterocycles. The normalized spacial score (nSPS) is 12.0. The summed E-state index contributed by atoms with van der Waals surface area (Å²) >= 11 is 24.0. The van der Waals surface area contributed by atoms with Crippen molar-refractivity contribution in [3.8, 4) is 5.69 Å². The second-order valence-electron chi connectivity index (χ2n) is 5.56. The van der Waals surface area contributed by atoms with Gasteiger partial charge in [-0.25, -0.2) is 4.79 Å². The smallest absolute Gasteiger partial charge is 0.349 e. The van der Waals surface area contributed by atoms with Crippen LogP contribution in [-0.2, 0) is 0 Å². The van der Waals surface area contributed by atoms with Crippen molar-refractivity contribution in [2.24, 2.45) is 5.73 Å². The molecule has 138 valence electrons. The Morgan fingerprint density at radius 2 is 1.70 bits per heavy atom. The Hall–Kier alpha value is -2.19. The largest absolute Gasteiger partial charge is 0.393 e. The molecule has 3 aromatic rings. The van der Waals surface area contributed by atoms with E-state index in [1.54, 1.807) is 24.3 Å². The molecule has 0 aliphatic rings. The zero-order valence-corrected chi connectivity index (χ0v) is 16.5. The van der Waals surface area contributed by atoms with Gasteiger partial charge in [-0.2, -0.15) is 9.78 Å². The van der Waals surface area contributed by atoms with Gasteiger partial charge < -0.3 is 5.73 Å². The van der Waals surface area contributed by atoms with E-state index in [0.29, 0.717) is 10.6 Å². The molecule has 10 heteroatoms. The minimum atomic E-state index is -0.717. The van der Waals surface area contributed by atoms with Crippen molar-refractivity contribution in [1.82, 2.24) is 14.8 Å². The first-order valence-electron chi connectivity index (χ1n) is 7.50. The highest BCUT2D eigenvalue weighted by atomic mass is 35.5. The predicted octanol–water partition coefficient (Wildman–Crippen LogP) is 3.30. The molecule has 2 aromatic carbocycles. The summed E-state index contributed by atoms with van der Waals surface area (Å²) in [6.45, 7) is 0. The van der Waals surface area contributed by atoms with Gasteiger partial charge >= 0.3 is 5.69 Å². The van der Waals surface area contributed by atoms with Crippen molar-refractivity contribution in [2.75, 3.05) is 0 Å². The number of aromatic amines is 1. The summed E-state index contributed by atoms with van der Waals surface area (Å²) in [6.07, 6.45) is 0.975. The fraction of sp³-hybridized carbons (Fsp3) is 0.0588. The average molecular weight is 442 g/mol. The van der Waals surface area contributed by atoms with Gasteiger partial charge in [0.1, 0.15) is 6.20 Å². The number of halogens is 3. The van der Waals surface area contributed by atoms with E-state index in [1.165, 1.54) is 12.1 Å². The maximum atomic E-state index is 11.9. The highest BCUT2D eigenvalue weighted by Crippen LogP contribution is 2.37. The molecule has 1 heterocycles. The van der Waals surface area contributed by atoms with Gasteiger partial charge in [-0.1, -0.05) is 59.2 Å².